The lowest BCUT2D eigenvalue weighted by Gasteiger charge is -2.06. The summed E-state index contributed by atoms with van der Waals surface area (Å²) in [5.41, 5.74) is 1.33. The maximum atomic E-state index is 11.1. The molecule has 0 radical (unpaired) electrons. The van der Waals surface area contributed by atoms with Crippen LogP contribution in [0.5, 0.6) is 0 Å². The lowest BCUT2D eigenvalue weighted by molar-refractivity contribution is 0.0698. The number of H-pyrrole nitrogens is 1. The molecule has 2 N–H and O–H groups in total. The second-order valence-corrected chi connectivity index (χ2v) is 5.41. The largest absolute Gasteiger partial charge is 0.478 e. The quantitative estimate of drug-likeness (QED) is 0.847. The highest BCUT2D eigenvalue weighted by molar-refractivity contribution is 5.99. The van der Waals surface area contributed by atoms with Gasteiger partial charge in [0.15, 0.2) is 5.65 Å². The number of aromatic amines is 1. The molecule has 0 aromatic carbocycles. The van der Waals surface area contributed by atoms with Crippen molar-refractivity contribution in [3.8, 4) is 0 Å². The van der Waals surface area contributed by atoms with E-state index in [1.54, 1.807) is 0 Å². The molecule has 4 rings (SSSR count). The zero-order valence-electron chi connectivity index (χ0n) is 9.76. The van der Waals surface area contributed by atoms with Crippen LogP contribution < -0.4 is 0 Å². The van der Waals surface area contributed by atoms with Gasteiger partial charge in [0.25, 0.3) is 0 Å². The molecular formula is C13H13N3O2. The van der Waals surface area contributed by atoms with E-state index in [9.17, 15) is 4.79 Å². The maximum Gasteiger partial charge on any atom is 0.338 e. The number of rotatable bonds is 2. The Morgan fingerprint density at radius 3 is 2.83 bits per heavy atom. The summed E-state index contributed by atoms with van der Waals surface area (Å²) < 4.78 is 0. The highest BCUT2D eigenvalue weighted by Gasteiger charge is 2.47. The van der Waals surface area contributed by atoms with Gasteiger partial charge in [-0.25, -0.2) is 14.8 Å². The number of hydrogen-bond donors (Lipinski definition) is 2. The van der Waals surface area contributed by atoms with Crippen molar-refractivity contribution in [2.45, 2.75) is 25.2 Å². The van der Waals surface area contributed by atoms with Crippen LogP contribution in [0.15, 0.2) is 12.3 Å². The molecule has 2 saturated carbocycles. The van der Waals surface area contributed by atoms with Crippen molar-refractivity contribution in [1.29, 1.82) is 0 Å². The number of pyridine rings is 1. The summed E-state index contributed by atoms with van der Waals surface area (Å²) >= 11 is 0. The fourth-order valence-electron chi connectivity index (χ4n) is 3.24. The summed E-state index contributed by atoms with van der Waals surface area (Å²) in [7, 11) is 0. The first-order valence-electron chi connectivity index (χ1n) is 6.30. The van der Waals surface area contributed by atoms with Crippen LogP contribution in [0.2, 0.25) is 0 Å². The summed E-state index contributed by atoms with van der Waals surface area (Å²) in [6.07, 6.45) is 5.25. The van der Waals surface area contributed by atoms with E-state index in [0.717, 1.165) is 17.7 Å². The average molecular weight is 243 g/mol. The van der Waals surface area contributed by atoms with Crippen molar-refractivity contribution in [2.75, 3.05) is 0 Å². The van der Waals surface area contributed by atoms with Gasteiger partial charge < -0.3 is 10.1 Å². The lowest BCUT2D eigenvalue weighted by atomic mass is 10.0. The Morgan fingerprint density at radius 1 is 1.33 bits per heavy atom. The summed E-state index contributed by atoms with van der Waals surface area (Å²) in [6, 6.07) is 1.51. The average Bonchev–Trinajstić information content (AvgIpc) is 2.80. The summed E-state index contributed by atoms with van der Waals surface area (Å²) in [5, 5.41) is 9.13. The predicted octanol–water partition coefficient (Wildman–Crippen LogP) is 2.17. The van der Waals surface area contributed by atoms with Gasteiger partial charge in [0, 0.05) is 12.1 Å². The van der Waals surface area contributed by atoms with Crippen molar-refractivity contribution >= 4 is 17.1 Å². The Hall–Kier alpha value is -1.91. The molecule has 0 bridgehead atoms. The third kappa shape index (κ3) is 1.36. The van der Waals surface area contributed by atoms with E-state index >= 15 is 0 Å². The third-order valence-corrected chi connectivity index (χ3v) is 4.27. The van der Waals surface area contributed by atoms with Gasteiger partial charge in [-0.15, -0.1) is 0 Å². The molecule has 0 spiro atoms. The summed E-state index contributed by atoms with van der Waals surface area (Å²) in [6.45, 7) is 0. The van der Waals surface area contributed by atoms with Crippen LogP contribution >= 0.6 is 0 Å². The van der Waals surface area contributed by atoms with E-state index in [0.29, 0.717) is 17.1 Å². The molecule has 92 valence electrons. The second-order valence-electron chi connectivity index (χ2n) is 5.41. The van der Waals surface area contributed by atoms with Crippen LogP contribution in [0.1, 0.15) is 41.4 Å². The smallest absolute Gasteiger partial charge is 0.338 e. The van der Waals surface area contributed by atoms with E-state index in [4.69, 9.17) is 5.11 Å². The fraction of sp³-hybridized carbons (Fsp3) is 0.462. The number of imidazole rings is 1. The Morgan fingerprint density at radius 2 is 2.11 bits per heavy atom. The van der Waals surface area contributed by atoms with Gasteiger partial charge in [-0.2, -0.15) is 0 Å². The van der Waals surface area contributed by atoms with E-state index in [1.807, 2.05) is 0 Å². The molecule has 2 aliphatic carbocycles. The van der Waals surface area contributed by atoms with E-state index in [1.165, 1.54) is 31.5 Å². The zero-order valence-corrected chi connectivity index (χ0v) is 9.76. The number of aromatic carboxylic acids is 1. The molecule has 5 heteroatoms. The Kier molecular flexibility index (Phi) is 1.85. The molecule has 0 saturated heterocycles. The normalized spacial score (nSPS) is 29.4. The highest BCUT2D eigenvalue weighted by Crippen LogP contribution is 2.57. The van der Waals surface area contributed by atoms with Gasteiger partial charge in [-0.05, 0) is 37.2 Å². The minimum absolute atomic E-state index is 0.252. The Balaban J connectivity index is 1.79. The highest BCUT2D eigenvalue weighted by atomic mass is 16.4. The number of nitrogens with one attached hydrogen (secondary N) is 1. The van der Waals surface area contributed by atoms with Crippen molar-refractivity contribution in [3.63, 3.8) is 0 Å². The number of hydrogen-bond acceptors (Lipinski definition) is 3. The summed E-state index contributed by atoms with van der Waals surface area (Å²) in [4.78, 5) is 22.9. The first-order chi connectivity index (χ1) is 8.72. The number of carboxylic acids is 1. The Labute approximate surface area is 103 Å². The molecule has 0 amide bonds. The molecule has 2 atom stereocenters. The van der Waals surface area contributed by atoms with Gasteiger partial charge in [-0.1, -0.05) is 0 Å². The molecule has 2 unspecified atom stereocenters. The van der Waals surface area contributed by atoms with Crippen LogP contribution in [0.3, 0.4) is 0 Å². The van der Waals surface area contributed by atoms with Crippen LogP contribution in [0, 0.1) is 11.8 Å². The standard InChI is InChI=1S/C13H13N3O2/c17-13(18)9-1-2-14-12-10(9)15-11(16-12)8-4-6-3-7(6)5-8/h1-2,6-8H,3-5H2,(H,17,18)(H,14,15,16). The van der Waals surface area contributed by atoms with Gasteiger partial charge in [-0.3, -0.25) is 0 Å². The van der Waals surface area contributed by atoms with E-state index in [2.05, 4.69) is 15.0 Å². The number of carbonyl (C=O) groups is 1. The van der Waals surface area contributed by atoms with Crippen molar-refractivity contribution in [2.24, 2.45) is 11.8 Å². The second kappa shape index (κ2) is 3.31. The predicted molar refractivity (Wildman–Crippen MR) is 64.4 cm³/mol. The molecule has 2 heterocycles. The van der Waals surface area contributed by atoms with E-state index < -0.39 is 5.97 Å². The van der Waals surface area contributed by atoms with Crippen LogP contribution in [-0.2, 0) is 0 Å². The lowest BCUT2D eigenvalue weighted by Crippen LogP contribution is -1.99. The van der Waals surface area contributed by atoms with Gasteiger partial charge in [0.2, 0.25) is 0 Å². The topological polar surface area (TPSA) is 78.9 Å². The van der Waals surface area contributed by atoms with Crippen molar-refractivity contribution < 1.29 is 9.90 Å². The molecule has 0 aliphatic heterocycles. The maximum absolute atomic E-state index is 11.1. The molecule has 18 heavy (non-hydrogen) atoms. The molecule has 2 aromatic heterocycles. The van der Waals surface area contributed by atoms with Gasteiger partial charge in [0.1, 0.15) is 5.82 Å². The molecule has 2 fully saturated rings. The number of aromatic nitrogens is 3. The minimum Gasteiger partial charge on any atom is -0.478 e. The summed E-state index contributed by atoms with van der Waals surface area (Å²) in [5.74, 6) is 2.21. The number of fused-ring (bicyclic) bond motifs is 2. The fourth-order valence-corrected chi connectivity index (χ4v) is 3.24. The van der Waals surface area contributed by atoms with Gasteiger partial charge >= 0.3 is 5.97 Å². The van der Waals surface area contributed by atoms with Crippen LogP contribution in [0.4, 0.5) is 0 Å². The molecule has 2 aliphatic rings. The van der Waals surface area contributed by atoms with E-state index in [-0.39, 0.29) is 5.56 Å². The first kappa shape index (κ1) is 10.1. The van der Waals surface area contributed by atoms with Gasteiger partial charge in [0.05, 0.1) is 11.1 Å². The Bertz CT molecular complexity index is 639. The molecule has 5 nitrogen and oxygen atoms in total. The number of carboxylic acid groups (broad SMARTS) is 1. The van der Waals surface area contributed by atoms with Crippen molar-refractivity contribution in [1.82, 2.24) is 15.0 Å². The minimum atomic E-state index is -0.938. The monoisotopic (exact) mass is 243 g/mol. The van der Waals surface area contributed by atoms with Crippen LogP contribution in [0.25, 0.3) is 11.2 Å². The first-order valence-corrected chi connectivity index (χ1v) is 6.30. The zero-order chi connectivity index (χ0) is 12.3. The SMILES string of the molecule is O=C(O)c1ccnc2nc(C3CC4CC4C3)[nH]c12. The van der Waals surface area contributed by atoms with Crippen molar-refractivity contribution in [3.05, 3.63) is 23.7 Å². The molecular weight excluding hydrogens is 230 g/mol. The third-order valence-electron chi connectivity index (χ3n) is 4.27. The van der Waals surface area contributed by atoms with Crippen LogP contribution in [-0.4, -0.2) is 26.0 Å². The molecule has 2 aromatic rings. The number of nitrogens with zero attached hydrogens (tertiary/aromatic N) is 2.